The quantitative estimate of drug-likeness (QED) is 0.155. The first kappa shape index (κ1) is 25.5. The summed E-state index contributed by atoms with van der Waals surface area (Å²) in [6, 6.07) is 13.3. The van der Waals surface area contributed by atoms with Gasteiger partial charge in [-0.15, -0.1) is 0 Å². The fourth-order valence-corrected chi connectivity index (χ4v) is 3.50. The first-order valence-corrected chi connectivity index (χ1v) is 10.9. The monoisotopic (exact) mass is 441 g/mol. The summed E-state index contributed by atoms with van der Waals surface area (Å²) >= 11 is 0. The Balaban J connectivity index is 2.31. The highest BCUT2D eigenvalue weighted by molar-refractivity contribution is 5.81. The van der Waals surface area contributed by atoms with Gasteiger partial charge in [-0.05, 0) is 83.4 Å². The van der Waals surface area contributed by atoms with Gasteiger partial charge in [-0.1, -0.05) is 74.9 Å². The molecule has 170 valence electrons. The highest BCUT2D eigenvalue weighted by Crippen LogP contribution is 2.26. The van der Waals surface area contributed by atoms with Crippen LogP contribution in [0.15, 0.2) is 109 Å². The van der Waals surface area contributed by atoms with Gasteiger partial charge < -0.3 is 5.11 Å². The largest absolute Gasteiger partial charge is 0.516 e. The first-order valence-electron chi connectivity index (χ1n) is 10.9. The van der Waals surface area contributed by atoms with Crippen LogP contribution in [-0.4, -0.2) is 17.4 Å². The molecule has 33 heavy (non-hydrogen) atoms. The molecule has 0 aliphatic rings. The van der Waals surface area contributed by atoms with Crippen LogP contribution in [0.4, 0.5) is 4.39 Å². The molecule has 0 fully saturated rings. The van der Waals surface area contributed by atoms with Crippen molar-refractivity contribution < 1.29 is 9.50 Å². The molecule has 0 saturated carbocycles. The van der Waals surface area contributed by atoms with Crippen molar-refractivity contribution in [2.45, 2.75) is 32.2 Å². The summed E-state index contributed by atoms with van der Waals surface area (Å²) in [6.07, 6.45) is 11.2. The number of rotatable bonds is 12. The number of hydrogen-bond acceptors (Lipinski definition) is 2. The maximum Gasteiger partial charge on any atom is 0.127 e. The summed E-state index contributed by atoms with van der Waals surface area (Å²) < 4.78 is 15.2. The fourth-order valence-electron chi connectivity index (χ4n) is 3.50. The third kappa shape index (κ3) is 7.73. The number of benzene rings is 2. The van der Waals surface area contributed by atoms with Gasteiger partial charge in [-0.3, -0.25) is 4.99 Å². The lowest BCUT2D eigenvalue weighted by Crippen LogP contribution is -2.13. The average molecular weight is 442 g/mol. The Morgan fingerprint density at radius 2 is 1.88 bits per heavy atom. The van der Waals surface area contributed by atoms with Gasteiger partial charge in [0.25, 0.3) is 0 Å². The minimum atomic E-state index is -0.306. The van der Waals surface area contributed by atoms with E-state index in [1.165, 1.54) is 12.1 Å². The smallest absolute Gasteiger partial charge is 0.127 e. The third-order valence-corrected chi connectivity index (χ3v) is 5.32. The van der Waals surface area contributed by atoms with Crippen molar-refractivity contribution in [3.63, 3.8) is 0 Å². The van der Waals surface area contributed by atoms with Crippen LogP contribution in [0.5, 0.6) is 0 Å². The van der Waals surface area contributed by atoms with Gasteiger partial charge in [0.15, 0.2) is 0 Å². The van der Waals surface area contributed by atoms with Gasteiger partial charge in [0.2, 0.25) is 0 Å². The minimum absolute atomic E-state index is 0.188. The molecule has 1 atom stereocenters. The van der Waals surface area contributed by atoms with Gasteiger partial charge in [0.05, 0.1) is 12.3 Å². The zero-order valence-corrected chi connectivity index (χ0v) is 19.3. The molecule has 0 aliphatic heterocycles. The van der Waals surface area contributed by atoms with Crippen LogP contribution in [0.2, 0.25) is 0 Å². The van der Waals surface area contributed by atoms with Crippen LogP contribution in [0, 0.1) is 5.82 Å². The maximum atomic E-state index is 15.2. The molecule has 2 aromatic carbocycles. The standard InChI is InChI=1S/C30H32FNO/c1-6-11-26-19-27(23(4)16-17-33)20-29(31)28(26)14-15-30(32-21-22(3)7-2)24(5)18-25-12-9-8-10-13-25/h6-13,16-17,19-21,30,33H,2-5,14-15,18H2,1H3/b11-6+,17-16+,32-21?. The number of aliphatic hydroxyl groups excluding tert-OH is 1. The van der Waals surface area contributed by atoms with E-state index in [9.17, 15) is 0 Å². The summed E-state index contributed by atoms with van der Waals surface area (Å²) in [4.78, 5) is 4.69. The van der Waals surface area contributed by atoms with Crippen molar-refractivity contribution >= 4 is 17.9 Å². The van der Waals surface area contributed by atoms with E-state index in [1.807, 2.05) is 43.3 Å². The molecule has 2 nitrogen and oxygen atoms in total. The van der Waals surface area contributed by atoms with Crippen molar-refractivity contribution in [1.82, 2.24) is 0 Å². The first-order chi connectivity index (χ1) is 15.9. The minimum Gasteiger partial charge on any atom is -0.516 e. The summed E-state index contributed by atoms with van der Waals surface area (Å²) in [5.74, 6) is -0.306. The SMILES string of the molecule is C=CC(=C)C=NC(CCc1c(F)cc(C(=C)/C=C/O)cc1/C=C/C)C(=C)Cc1ccccc1. The van der Waals surface area contributed by atoms with Crippen molar-refractivity contribution in [2.75, 3.05) is 0 Å². The van der Waals surface area contributed by atoms with Crippen molar-refractivity contribution in [3.05, 3.63) is 132 Å². The van der Waals surface area contributed by atoms with Crippen molar-refractivity contribution in [2.24, 2.45) is 4.99 Å². The van der Waals surface area contributed by atoms with Gasteiger partial charge in [0.1, 0.15) is 5.82 Å². The molecule has 1 N–H and O–H groups in total. The predicted molar refractivity (Wildman–Crippen MR) is 141 cm³/mol. The maximum absolute atomic E-state index is 15.2. The predicted octanol–water partition coefficient (Wildman–Crippen LogP) is 7.86. The average Bonchev–Trinajstić information content (AvgIpc) is 2.80. The molecule has 0 heterocycles. The summed E-state index contributed by atoms with van der Waals surface area (Å²) in [6.45, 7) is 17.7. The van der Waals surface area contributed by atoms with E-state index >= 15 is 4.39 Å². The normalized spacial score (nSPS) is 12.4. The second-order valence-corrected chi connectivity index (χ2v) is 7.80. The highest BCUT2D eigenvalue weighted by Gasteiger charge is 2.16. The Morgan fingerprint density at radius 3 is 2.52 bits per heavy atom. The van der Waals surface area contributed by atoms with Crippen molar-refractivity contribution in [1.29, 1.82) is 0 Å². The molecule has 2 aromatic rings. The number of aliphatic hydroxyl groups is 1. The molecule has 0 radical (unpaired) electrons. The molecular weight excluding hydrogens is 409 g/mol. The number of hydrogen-bond donors (Lipinski definition) is 1. The van der Waals surface area contributed by atoms with Gasteiger partial charge in [-0.2, -0.15) is 0 Å². The summed E-state index contributed by atoms with van der Waals surface area (Å²) in [5, 5.41) is 9.02. The zero-order valence-electron chi connectivity index (χ0n) is 19.3. The van der Waals surface area contributed by atoms with Crippen molar-refractivity contribution in [3.8, 4) is 0 Å². The van der Waals surface area contributed by atoms with E-state index in [-0.39, 0.29) is 11.9 Å². The van der Waals surface area contributed by atoms with Crippen LogP contribution in [0.25, 0.3) is 11.6 Å². The lowest BCUT2D eigenvalue weighted by Gasteiger charge is -2.18. The molecule has 2 rings (SSSR count). The Hall–Kier alpha value is -3.72. The van der Waals surface area contributed by atoms with Crippen LogP contribution in [0.1, 0.15) is 35.6 Å². The lowest BCUT2D eigenvalue weighted by molar-refractivity contribution is 0.474. The molecule has 0 aromatic heterocycles. The van der Waals surface area contributed by atoms with Crippen LogP contribution >= 0.6 is 0 Å². The van der Waals surface area contributed by atoms with E-state index in [1.54, 1.807) is 12.3 Å². The molecule has 1 unspecified atom stereocenters. The zero-order chi connectivity index (χ0) is 24.2. The van der Waals surface area contributed by atoms with Crippen LogP contribution in [-0.2, 0) is 12.8 Å². The molecule has 3 heteroatoms. The second kappa shape index (κ2) is 13.0. The Bertz CT molecular complexity index is 1090. The molecular formula is C30H32FNO. The van der Waals surface area contributed by atoms with E-state index in [0.717, 1.165) is 23.0 Å². The van der Waals surface area contributed by atoms with Crippen LogP contribution in [0.3, 0.4) is 0 Å². The lowest BCUT2D eigenvalue weighted by atomic mass is 9.92. The highest BCUT2D eigenvalue weighted by atomic mass is 19.1. The topological polar surface area (TPSA) is 32.6 Å². The summed E-state index contributed by atoms with van der Waals surface area (Å²) in [5.41, 5.74) is 5.40. The number of allylic oxidation sites excluding steroid dienone is 5. The molecule has 0 spiro atoms. The molecule has 0 bridgehead atoms. The Kier molecular flexibility index (Phi) is 10.0. The van der Waals surface area contributed by atoms with Gasteiger partial charge >= 0.3 is 0 Å². The van der Waals surface area contributed by atoms with E-state index in [2.05, 4.69) is 38.4 Å². The van der Waals surface area contributed by atoms with E-state index in [4.69, 9.17) is 10.1 Å². The van der Waals surface area contributed by atoms with E-state index in [0.29, 0.717) is 41.5 Å². The van der Waals surface area contributed by atoms with E-state index < -0.39 is 0 Å². The number of halogens is 1. The molecule has 0 aliphatic carbocycles. The number of nitrogens with zero attached hydrogens (tertiary/aromatic N) is 1. The Morgan fingerprint density at radius 1 is 1.15 bits per heavy atom. The molecule has 0 saturated heterocycles. The third-order valence-electron chi connectivity index (χ3n) is 5.32. The summed E-state index contributed by atoms with van der Waals surface area (Å²) in [7, 11) is 0. The molecule has 0 amide bonds. The van der Waals surface area contributed by atoms with Gasteiger partial charge in [0, 0.05) is 6.21 Å². The van der Waals surface area contributed by atoms with Crippen LogP contribution < -0.4 is 0 Å². The fraction of sp³-hybridized carbons (Fsp3) is 0.167. The Labute approximate surface area is 197 Å². The number of aliphatic imine (C=N–C) groups is 1. The van der Waals surface area contributed by atoms with Gasteiger partial charge in [-0.25, -0.2) is 4.39 Å². The second-order valence-electron chi connectivity index (χ2n) is 7.80.